The Balaban J connectivity index is 2.86. The van der Waals surface area contributed by atoms with Crippen LogP contribution in [0.25, 0.3) is 10.9 Å². The number of halogens is 1. The molecule has 0 radical (unpaired) electrons. The van der Waals surface area contributed by atoms with Crippen LogP contribution in [0.1, 0.15) is 5.69 Å². The van der Waals surface area contributed by atoms with Crippen molar-refractivity contribution in [3.63, 3.8) is 0 Å². The van der Waals surface area contributed by atoms with Crippen molar-refractivity contribution in [2.75, 3.05) is 7.11 Å². The summed E-state index contributed by atoms with van der Waals surface area (Å²) in [6.07, 6.45) is 0. The first-order chi connectivity index (χ1) is 7.17. The Kier molecular flexibility index (Phi) is 3.12. The van der Waals surface area contributed by atoms with Gasteiger partial charge in [0.25, 0.3) is 0 Å². The average Bonchev–Trinajstić information content (AvgIpc) is 2.55. The Hall–Kier alpha value is -0.408. The summed E-state index contributed by atoms with van der Waals surface area (Å²) in [5.41, 5.74) is 1.36. The van der Waals surface area contributed by atoms with E-state index >= 15 is 0 Å². The van der Waals surface area contributed by atoms with E-state index in [1.807, 2.05) is 0 Å². The van der Waals surface area contributed by atoms with Gasteiger partial charge in [0, 0.05) is 0 Å². The van der Waals surface area contributed by atoms with Crippen molar-refractivity contribution in [2.45, 2.75) is 6.61 Å². The first kappa shape index (κ1) is 11.1. The molecule has 0 atom stereocenters. The summed E-state index contributed by atoms with van der Waals surface area (Å²) in [6.45, 7) is -0.177. The van der Waals surface area contributed by atoms with Crippen LogP contribution in [0, 0.1) is 0 Å². The van der Waals surface area contributed by atoms with E-state index in [1.165, 1.54) is 0 Å². The summed E-state index contributed by atoms with van der Waals surface area (Å²) in [4.78, 5) is 4.04. The number of ether oxygens (including phenoxy) is 1. The van der Waals surface area contributed by atoms with Crippen LogP contribution in [0.4, 0.5) is 0 Å². The zero-order chi connectivity index (χ0) is 11.0. The van der Waals surface area contributed by atoms with Gasteiger partial charge in [0.05, 0.1) is 0 Å². The standard InChI is InChI=1S/C8H7ClN3O2.Tl/c1-14-8-7-4(11-12-8)2-6(9)10-5(7)3-13;/h2,13H,3H2,1H3;/q-1;+1. The van der Waals surface area contributed by atoms with Gasteiger partial charge in [-0.1, -0.05) is 0 Å². The summed E-state index contributed by atoms with van der Waals surface area (Å²) in [7, 11) is 1.54. The van der Waals surface area contributed by atoms with Crippen LogP contribution >= 0.6 is 11.6 Å². The third kappa shape index (κ3) is 1.83. The molecule has 0 saturated heterocycles. The number of aliphatic hydroxyl groups excluding tert-OH is 1. The quantitative estimate of drug-likeness (QED) is 0.572. The van der Waals surface area contributed by atoms with Crippen LogP contribution in [0.2, 0.25) is 5.15 Å². The zero-order valence-electron chi connectivity index (χ0n) is 7.94. The Morgan fingerprint density at radius 3 is 3.00 bits per heavy atom. The second-order valence-corrected chi connectivity index (χ2v) is 5.19. The maximum atomic E-state index is 9.19. The van der Waals surface area contributed by atoms with Crippen LogP contribution in [0.15, 0.2) is 6.07 Å². The van der Waals surface area contributed by atoms with Gasteiger partial charge in [-0.3, -0.25) is 0 Å². The molecule has 0 bridgehead atoms. The van der Waals surface area contributed by atoms with E-state index in [-0.39, 0.29) is 6.61 Å². The summed E-state index contributed by atoms with van der Waals surface area (Å²) in [6, 6.07) is 1.73. The van der Waals surface area contributed by atoms with E-state index in [1.54, 1.807) is 15.7 Å². The number of methoxy groups -OCH3 is 1. The van der Waals surface area contributed by atoms with Crippen LogP contribution in [0.5, 0.6) is 5.88 Å². The van der Waals surface area contributed by atoms with Gasteiger partial charge in [0.2, 0.25) is 0 Å². The monoisotopic (exact) mass is 417 g/mol. The van der Waals surface area contributed by atoms with Crippen LogP contribution in [-0.2, 0) is 6.61 Å². The van der Waals surface area contributed by atoms with Crippen LogP contribution in [0.3, 0.4) is 0 Å². The van der Waals surface area contributed by atoms with E-state index < -0.39 is 0 Å². The number of fused-ring (bicyclic) bond motifs is 1. The van der Waals surface area contributed by atoms with Gasteiger partial charge in [-0.2, -0.15) is 0 Å². The molecule has 0 aromatic carbocycles. The predicted molar refractivity (Wildman–Crippen MR) is 56.2 cm³/mol. The first-order valence-electron chi connectivity index (χ1n) is 4.15. The van der Waals surface area contributed by atoms with Crippen LogP contribution in [-0.4, -0.2) is 50.9 Å². The van der Waals surface area contributed by atoms with Crippen molar-refractivity contribution >= 4 is 48.6 Å². The van der Waals surface area contributed by atoms with Gasteiger partial charge in [0.15, 0.2) is 0 Å². The van der Waals surface area contributed by atoms with Gasteiger partial charge < -0.3 is 0 Å². The third-order valence-electron chi connectivity index (χ3n) is 2.04. The van der Waals surface area contributed by atoms with Crippen molar-refractivity contribution in [3.05, 3.63) is 16.9 Å². The second-order valence-electron chi connectivity index (χ2n) is 2.90. The fraction of sp³-hybridized carbons (Fsp3) is 0.250. The molecule has 2 aromatic rings. The van der Waals surface area contributed by atoms with Crippen molar-refractivity contribution in [1.29, 1.82) is 0 Å². The average molecular weight is 417 g/mol. The van der Waals surface area contributed by atoms with Gasteiger partial charge in [0.1, 0.15) is 0 Å². The number of aromatic nitrogens is 3. The van der Waals surface area contributed by atoms with Crippen molar-refractivity contribution < 1.29 is 9.84 Å². The molecule has 76 valence electrons. The molecule has 2 aromatic heterocycles. The molecule has 2 rings (SSSR count). The van der Waals surface area contributed by atoms with Crippen LogP contribution < -0.4 is 4.74 Å². The molecule has 0 aliphatic heterocycles. The fourth-order valence-corrected chi connectivity index (χ4v) is 2.83. The summed E-state index contributed by atoms with van der Waals surface area (Å²) >= 11 is 6.35. The van der Waals surface area contributed by atoms with E-state index in [0.29, 0.717) is 42.8 Å². The van der Waals surface area contributed by atoms with E-state index in [0.717, 1.165) is 10.9 Å². The number of pyridine rings is 1. The Labute approximate surface area is 107 Å². The molecule has 0 unspecified atom stereocenters. The van der Waals surface area contributed by atoms with E-state index in [2.05, 4.69) is 10.1 Å². The summed E-state index contributed by atoms with van der Waals surface area (Å²) < 4.78 is 6.94. The second kappa shape index (κ2) is 4.22. The molecule has 1 N–H and O–H groups in total. The Morgan fingerprint density at radius 1 is 1.67 bits per heavy atom. The minimum absolute atomic E-state index is 0.177. The normalized spacial score (nSPS) is 10.8. The Morgan fingerprint density at radius 2 is 2.40 bits per heavy atom. The summed E-state index contributed by atoms with van der Waals surface area (Å²) in [5, 5.41) is 14.5. The molecule has 15 heavy (non-hydrogen) atoms. The predicted octanol–water partition coefficient (Wildman–Crippen LogP) is 0.517. The molecular weight excluding hydrogens is 410 g/mol. The molecule has 0 aliphatic rings. The number of nitrogens with zero attached hydrogens (tertiary/aromatic N) is 3. The minimum atomic E-state index is -0.177. The summed E-state index contributed by atoms with van der Waals surface area (Å²) in [5.74, 6) is 0.487. The number of hydrogen-bond acceptors (Lipinski definition) is 4. The number of hydrogen-bond donors (Lipinski definition) is 1. The fourth-order valence-electron chi connectivity index (χ4n) is 1.42. The van der Waals surface area contributed by atoms with Crippen molar-refractivity contribution in [2.24, 2.45) is 0 Å². The molecular formula is C8H7ClN3O2Tl. The Bertz CT molecular complexity index is 514. The zero-order valence-corrected chi connectivity index (χ0v) is 13.2. The number of rotatable bonds is 2. The van der Waals surface area contributed by atoms with Gasteiger partial charge in [-0.25, -0.2) is 0 Å². The molecule has 7 heteroatoms. The molecule has 0 amide bonds. The van der Waals surface area contributed by atoms with Crippen molar-refractivity contribution in [3.8, 4) is 5.88 Å². The molecule has 2 heterocycles. The molecule has 5 nitrogen and oxygen atoms in total. The number of aliphatic hydroxyl groups is 1. The molecule has 0 spiro atoms. The van der Waals surface area contributed by atoms with E-state index in [9.17, 15) is 5.11 Å². The van der Waals surface area contributed by atoms with Gasteiger partial charge in [-0.05, 0) is 0 Å². The third-order valence-corrected chi connectivity index (χ3v) is 3.77. The van der Waals surface area contributed by atoms with E-state index in [4.69, 9.17) is 16.3 Å². The molecule has 0 saturated carbocycles. The van der Waals surface area contributed by atoms with Gasteiger partial charge >= 0.3 is 107 Å². The molecule has 0 aliphatic carbocycles. The van der Waals surface area contributed by atoms with Crippen molar-refractivity contribution in [1.82, 2.24) is 12.6 Å². The topological polar surface area (TPSA) is 60.2 Å². The maximum absolute atomic E-state index is 9.19. The first-order valence-corrected chi connectivity index (χ1v) is 6.54. The molecule has 0 fully saturated rings. The SMILES string of the molecule is COc1n[n]([Tl])c2cc(Cl)nc(CO)c12. The van der Waals surface area contributed by atoms with Gasteiger partial charge in [-0.15, -0.1) is 0 Å².